The number of nitrogens with one attached hydrogen (secondary N) is 2. The fourth-order valence-corrected chi connectivity index (χ4v) is 3.82. The van der Waals surface area contributed by atoms with Crippen LogP contribution >= 0.6 is 11.6 Å². The van der Waals surface area contributed by atoms with E-state index >= 15 is 0 Å². The van der Waals surface area contributed by atoms with E-state index in [0.717, 1.165) is 55.5 Å². The van der Waals surface area contributed by atoms with Gasteiger partial charge in [0.1, 0.15) is 0 Å². The molecule has 124 valence electrons. The third-order valence-corrected chi connectivity index (χ3v) is 5.11. The summed E-state index contributed by atoms with van der Waals surface area (Å²) in [5.74, 6) is 0.210. The third kappa shape index (κ3) is 3.29. The molecule has 1 aromatic carbocycles. The number of halogens is 1. The molecule has 1 amide bonds. The van der Waals surface area contributed by atoms with Gasteiger partial charge in [-0.1, -0.05) is 24.9 Å². The molecule has 1 aromatic rings. The van der Waals surface area contributed by atoms with Crippen LogP contribution < -0.4 is 10.6 Å². The van der Waals surface area contributed by atoms with E-state index in [0.29, 0.717) is 23.6 Å². The van der Waals surface area contributed by atoms with Crippen molar-refractivity contribution in [3.63, 3.8) is 0 Å². The van der Waals surface area contributed by atoms with Crippen molar-refractivity contribution in [3.8, 4) is 0 Å². The lowest BCUT2D eigenvalue weighted by atomic mass is 9.78. The van der Waals surface area contributed by atoms with Gasteiger partial charge in [0.15, 0.2) is 5.78 Å². The molecule has 2 N–H and O–H groups in total. The van der Waals surface area contributed by atoms with Gasteiger partial charge in [-0.2, -0.15) is 0 Å². The minimum Gasteiger partial charge on any atom is -0.325 e. The van der Waals surface area contributed by atoms with Gasteiger partial charge in [-0.15, -0.1) is 0 Å². The van der Waals surface area contributed by atoms with Gasteiger partial charge in [0.05, 0.1) is 10.7 Å². The number of anilines is 1. The predicted octanol–water partition coefficient (Wildman–Crippen LogP) is 3.36. The molecule has 0 radical (unpaired) electrons. The Morgan fingerprint density at radius 2 is 2.13 bits per heavy atom. The second-order valence-corrected chi connectivity index (χ2v) is 6.86. The van der Waals surface area contributed by atoms with Crippen LogP contribution in [0.25, 0.3) is 0 Å². The van der Waals surface area contributed by atoms with Gasteiger partial charge in [0, 0.05) is 24.4 Å². The van der Waals surface area contributed by atoms with Crippen LogP contribution in [-0.4, -0.2) is 24.8 Å². The number of Topliss-reactive ketones (excluding diaryl/α,β-unsaturated/α-hetero) is 1. The molecule has 1 aliphatic heterocycles. The summed E-state index contributed by atoms with van der Waals surface area (Å²) in [5, 5.41) is 6.79. The highest BCUT2D eigenvalue weighted by Gasteiger charge is 2.33. The van der Waals surface area contributed by atoms with Gasteiger partial charge in [0.25, 0.3) is 0 Å². The largest absolute Gasteiger partial charge is 0.325 e. The molecule has 0 aromatic heterocycles. The van der Waals surface area contributed by atoms with Crippen molar-refractivity contribution in [1.29, 1.82) is 0 Å². The summed E-state index contributed by atoms with van der Waals surface area (Å²) in [6.45, 7) is 3.86. The molecular formula is C18H23ClN2O2. The topological polar surface area (TPSA) is 58.2 Å². The van der Waals surface area contributed by atoms with E-state index in [9.17, 15) is 9.59 Å². The SMILES string of the molecule is CCCCNCC1CCc2cc(Cl)c3c(c2C1=O)CCC(=O)N3. The van der Waals surface area contributed by atoms with E-state index in [2.05, 4.69) is 17.6 Å². The molecule has 2 aliphatic rings. The third-order valence-electron chi connectivity index (χ3n) is 4.81. The van der Waals surface area contributed by atoms with Gasteiger partial charge >= 0.3 is 0 Å². The predicted molar refractivity (Wildman–Crippen MR) is 92.3 cm³/mol. The molecule has 1 unspecified atom stereocenters. The van der Waals surface area contributed by atoms with Crippen molar-refractivity contribution in [2.45, 2.75) is 45.4 Å². The molecule has 0 fully saturated rings. The standard InChI is InChI=1S/C18H23ClN2O2/c1-2-3-8-20-10-12-5-4-11-9-14(19)17-13(16(11)18(12)23)6-7-15(22)21-17/h9,12,20H,2-8,10H2,1H3,(H,21,22). The van der Waals surface area contributed by atoms with Crippen LogP contribution in [-0.2, 0) is 17.6 Å². The van der Waals surface area contributed by atoms with Crippen LogP contribution in [0, 0.1) is 5.92 Å². The molecule has 4 nitrogen and oxygen atoms in total. The van der Waals surface area contributed by atoms with Crippen LogP contribution in [0.15, 0.2) is 6.07 Å². The maximum atomic E-state index is 12.9. The highest BCUT2D eigenvalue weighted by atomic mass is 35.5. The zero-order valence-electron chi connectivity index (χ0n) is 13.5. The number of fused-ring (bicyclic) bond motifs is 3. The van der Waals surface area contributed by atoms with Crippen molar-refractivity contribution in [1.82, 2.24) is 5.32 Å². The number of amides is 1. The minimum atomic E-state index is -0.0274. The number of hydrogen-bond acceptors (Lipinski definition) is 3. The summed E-state index contributed by atoms with van der Waals surface area (Å²) in [5.41, 5.74) is 3.45. The lowest BCUT2D eigenvalue weighted by molar-refractivity contribution is -0.116. The average Bonchev–Trinajstić information content (AvgIpc) is 2.54. The molecule has 1 aliphatic carbocycles. The highest BCUT2D eigenvalue weighted by Crippen LogP contribution is 2.39. The summed E-state index contributed by atoms with van der Waals surface area (Å²) in [4.78, 5) is 24.6. The van der Waals surface area contributed by atoms with E-state index in [4.69, 9.17) is 11.6 Å². The number of ketones is 1. The molecule has 0 saturated carbocycles. The Morgan fingerprint density at radius 3 is 2.91 bits per heavy atom. The Balaban J connectivity index is 1.85. The number of unbranched alkanes of at least 4 members (excludes halogenated alkanes) is 1. The molecule has 5 heteroatoms. The Bertz CT molecular complexity index is 642. The normalized spacial score (nSPS) is 20.0. The second kappa shape index (κ2) is 7.02. The van der Waals surface area contributed by atoms with E-state index in [1.54, 1.807) is 0 Å². The van der Waals surface area contributed by atoms with Gasteiger partial charge in [-0.05, 0) is 49.4 Å². The zero-order valence-corrected chi connectivity index (χ0v) is 14.3. The maximum Gasteiger partial charge on any atom is 0.224 e. The van der Waals surface area contributed by atoms with Gasteiger partial charge in [-0.3, -0.25) is 9.59 Å². The Hall–Kier alpha value is -1.39. The Kier molecular flexibility index (Phi) is 5.02. The molecule has 3 rings (SSSR count). The van der Waals surface area contributed by atoms with Crippen molar-refractivity contribution in [2.24, 2.45) is 5.92 Å². The molecular weight excluding hydrogens is 312 g/mol. The molecule has 0 saturated heterocycles. The van der Waals surface area contributed by atoms with E-state index < -0.39 is 0 Å². The van der Waals surface area contributed by atoms with E-state index in [1.165, 1.54) is 0 Å². The number of carbonyl (C=O) groups excluding carboxylic acids is 2. The molecule has 0 bridgehead atoms. The van der Waals surface area contributed by atoms with E-state index in [-0.39, 0.29) is 17.6 Å². The first-order valence-electron chi connectivity index (χ1n) is 8.50. The van der Waals surface area contributed by atoms with Crippen molar-refractivity contribution in [3.05, 3.63) is 27.8 Å². The summed E-state index contributed by atoms with van der Waals surface area (Å²) in [6.07, 6.45) is 5.06. The number of rotatable bonds is 5. The quantitative estimate of drug-likeness (QED) is 0.812. The first kappa shape index (κ1) is 16.5. The lowest BCUT2D eigenvalue weighted by Gasteiger charge is -2.29. The first-order valence-corrected chi connectivity index (χ1v) is 8.88. The van der Waals surface area contributed by atoms with Gasteiger partial charge in [0.2, 0.25) is 5.91 Å². The van der Waals surface area contributed by atoms with Gasteiger partial charge in [-0.25, -0.2) is 0 Å². The smallest absolute Gasteiger partial charge is 0.224 e. The van der Waals surface area contributed by atoms with Crippen LogP contribution in [0.1, 0.15) is 54.1 Å². The maximum absolute atomic E-state index is 12.9. The fourth-order valence-electron chi connectivity index (χ4n) is 3.53. The highest BCUT2D eigenvalue weighted by molar-refractivity contribution is 6.34. The van der Waals surface area contributed by atoms with Crippen LogP contribution in [0.3, 0.4) is 0 Å². The number of aryl methyl sites for hydroxylation is 1. The lowest BCUT2D eigenvalue weighted by Crippen LogP contribution is -2.34. The summed E-state index contributed by atoms with van der Waals surface area (Å²) in [7, 11) is 0. The van der Waals surface area contributed by atoms with Crippen LogP contribution in [0.5, 0.6) is 0 Å². The summed E-state index contributed by atoms with van der Waals surface area (Å²) < 4.78 is 0. The summed E-state index contributed by atoms with van der Waals surface area (Å²) >= 11 is 6.31. The van der Waals surface area contributed by atoms with Crippen molar-refractivity contribution in [2.75, 3.05) is 18.4 Å². The molecule has 23 heavy (non-hydrogen) atoms. The van der Waals surface area contributed by atoms with Gasteiger partial charge < -0.3 is 10.6 Å². The van der Waals surface area contributed by atoms with Crippen LogP contribution in [0.4, 0.5) is 5.69 Å². The van der Waals surface area contributed by atoms with Crippen LogP contribution in [0.2, 0.25) is 5.02 Å². The monoisotopic (exact) mass is 334 g/mol. The average molecular weight is 335 g/mol. The van der Waals surface area contributed by atoms with E-state index in [1.807, 2.05) is 6.07 Å². The number of carbonyl (C=O) groups is 2. The van der Waals surface area contributed by atoms with Crippen molar-refractivity contribution < 1.29 is 9.59 Å². The molecule has 0 spiro atoms. The Labute approximate surface area is 142 Å². The minimum absolute atomic E-state index is 0.0274. The first-order chi connectivity index (χ1) is 11.1. The zero-order chi connectivity index (χ0) is 16.4. The fraction of sp³-hybridized carbons (Fsp3) is 0.556. The second-order valence-electron chi connectivity index (χ2n) is 6.45. The molecule has 1 heterocycles. The Morgan fingerprint density at radius 1 is 1.30 bits per heavy atom. The van der Waals surface area contributed by atoms with Crippen molar-refractivity contribution >= 4 is 29.0 Å². The number of hydrogen-bond donors (Lipinski definition) is 2. The summed E-state index contributed by atoms with van der Waals surface area (Å²) in [6, 6.07) is 1.86. The number of benzene rings is 1. The molecule has 1 atom stereocenters.